The lowest BCUT2D eigenvalue weighted by molar-refractivity contribution is -0.115. The molecule has 156 valence electrons. The maximum atomic E-state index is 11.9. The average molecular weight is 413 g/mol. The molecule has 2 aromatic carbocycles. The molecule has 4 rings (SSSR count). The number of benzene rings is 2. The molecule has 0 aliphatic rings. The van der Waals surface area contributed by atoms with Crippen molar-refractivity contribution in [1.29, 1.82) is 0 Å². The highest BCUT2D eigenvalue weighted by atomic mass is 16.5. The number of carbonyl (C=O) groups is 1. The lowest BCUT2D eigenvalue weighted by Gasteiger charge is -2.13. The number of amides is 1. The molecule has 2 heterocycles. The largest absolute Gasteiger partial charge is 0.495 e. The van der Waals surface area contributed by atoms with Gasteiger partial charge in [-0.2, -0.15) is 0 Å². The van der Waals surface area contributed by atoms with E-state index in [2.05, 4.69) is 45.1 Å². The fraction of sp³-hybridized carbons (Fsp3) is 0.125. The van der Waals surface area contributed by atoms with Gasteiger partial charge in [0.05, 0.1) is 18.5 Å². The second-order valence-corrected chi connectivity index (χ2v) is 7.02. The van der Waals surface area contributed by atoms with Crippen molar-refractivity contribution in [3.63, 3.8) is 0 Å². The minimum absolute atomic E-state index is 0.139. The Balaban J connectivity index is 1.66. The number of hydrogen-bond acceptors (Lipinski definition) is 5. The van der Waals surface area contributed by atoms with E-state index < -0.39 is 0 Å². The summed E-state index contributed by atoms with van der Waals surface area (Å²) in [7, 11) is 3.60. The van der Waals surface area contributed by atoms with Crippen molar-refractivity contribution in [2.24, 2.45) is 7.05 Å². The molecule has 7 heteroatoms. The fourth-order valence-corrected chi connectivity index (χ4v) is 3.46. The Morgan fingerprint density at radius 3 is 2.87 bits per heavy atom. The predicted molar refractivity (Wildman–Crippen MR) is 124 cm³/mol. The molecule has 0 radical (unpaired) electrons. The Kier molecular flexibility index (Phi) is 5.66. The highest BCUT2D eigenvalue weighted by molar-refractivity contribution is 5.95. The number of methoxy groups -OCH3 is 1. The lowest BCUT2D eigenvalue weighted by Crippen LogP contribution is -2.10. The Bertz CT molecular complexity index is 1260. The third-order valence-electron chi connectivity index (χ3n) is 4.89. The van der Waals surface area contributed by atoms with E-state index in [4.69, 9.17) is 9.72 Å². The van der Waals surface area contributed by atoms with Gasteiger partial charge in [-0.15, -0.1) is 6.58 Å². The van der Waals surface area contributed by atoms with Crippen LogP contribution in [0.25, 0.3) is 22.2 Å². The van der Waals surface area contributed by atoms with Gasteiger partial charge in [0, 0.05) is 48.0 Å². The number of hydrogen-bond donors (Lipinski definition) is 2. The lowest BCUT2D eigenvalue weighted by atomic mass is 10.1. The molecule has 0 atom stereocenters. The van der Waals surface area contributed by atoms with Gasteiger partial charge in [-0.1, -0.05) is 24.3 Å². The number of nitrogens with one attached hydrogen (secondary N) is 2. The molecule has 0 fully saturated rings. The number of fused-ring (bicyclic) bond motifs is 1. The van der Waals surface area contributed by atoms with Crippen molar-refractivity contribution < 1.29 is 9.53 Å². The van der Waals surface area contributed by atoms with Crippen molar-refractivity contribution >= 4 is 34.1 Å². The number of rotatable bonds is 7. The Morgan fingerprint density at radius 1 is 1.23 bits per heavy atom. The number of carbonyl (C=O) groups excluding carboxylic acids is 1. The van der Waals surface area contributed by atoms with Crippen LogP contribution in [0.2, 0.25) is 0 Å². The van der Waals surface area contributed by atoms with E-state index in [1.807, 2.05) is 25.2 Å². The van der Waals surface area contributed by atoms with Gasteiger partial charge in [0.25, 0.3) is 0 Å². The first-order valence-electron chi connectivity index (χ1n) is 9.82. The number of ether oxygens (including phenoxy) is 1. The van der Waals surface area contributed by atoms with E-state index >= 15 is 0 Å². The zero-order valence-electron chi connectivity index (χ0n) is 17.4. The fourth-order valence-electron chi connectivity index (χ4n) is 3.46. The van der Waals surface area contributed by atoms with Crippen LogP contribution >= 0.6 is 0 Å². The van der Waals surface area contributed by atoms with Crippen LogP contribution in [0.4, 0.5) is 17.3 Å². The van der Waals surface area contributed by atoms with Crippen LogP contribution in [0.1, 0.15) is 6.42 Å². The third kappa shape index (κ3) is 4.25. The van der Waals surface area contributed by atoms with Gasteiger partial charge < -0.3 is 19.9 Å². The molecule has 4 aromatic rings. The van der Waals surface area contributed by atoms with Crippen LogP contribution in [0, 0.1) is 0 Å². The standard InChI is InChI=1S/C24H23N5O2/c1-4-7-23(30)26-16-10-11-22(31-3)20(14-16)28-24-25-13-12-19(27-24)18-15-29(2)21-9-6-5-8-17(18)21/h4-6,8-15H,1,7H2,2-3H3,(H,26,30)(H,25,27,28). The van der Waals surface area contributed by atoms with Crippen molar-refractivity contribution in [3.8, 4) is 17.0 Å². The molecule has 0 unspecified atom stereocenters. The number of para-hydroxylation sites is 1. The highest BCUT2D eigenvalue weighted by Crippen LogP contribution is 2.32. The molecule has 2 N–H and O–H groups in total. The van der Waals surface area contributed by atoms with Crippen LogP contribution < -0.4 is 15.4 Å². The van der Waals surface area contributed by atoms with Gasteiger partial charge in [0.1, 0.15) is 5.75 Å². The summed E-state index contributed by atoms with van der Waals surface area (Å²) in [5.41, 5.74) is 4.26. The summed E-state index contributed by atoms with van der Waals surface area (Å²) in [5.74, 6) is 0.902. The first-order valence-corrected chi connectivity index (χ1v) is 9.82. The summed E-state index contributed by atoms with van der Waals surface area (Å²) in [6, 6.07) is 15.4. The summed E-state index contributed by atoms with van der Waals surface area (Å²) in [6.45, 7) is 3.59. The molecule has 0 saturated heterocycles. The topological polar surface area (TPSA) is 81.1 Å². The van der Waals surface area contributed by atoms with Crippen LogP contribution in [0.15, 0.2) is 73.6 Å². The Labute approximate surface area is 180 Å². The number of aryl methyl sites for hydroxylation is 1. The first kappa shape index (κ1) is 20.2. The molecule has 0 saturated carbocycles. The second-order valence-electron chi connectivity index (χ2n) is 7.02. The minimum Gasteiger partial charge on any atom is -0.495 e. The van der Waals surface area contributed by atoms with Gasteiger partial charge >= 0.3 is 0 Å². The molecule has 0 aliphatic carbocycles. The number of anilines is 3. The van der Waals surface area contributed by atoms with Crippen molar-refractivity contribution in [2.45, 2.75) is 6.42 Å². The maximum absolute atomic E-state index is 11.9. The first-order chi connectivity index (χ1) is 15.1. The molecule has 0 bridgehead atoms. The highest BCUT2D eigenvalue weighted by Gasteiger charge is 2.12. The molecule has 7 nitrogen and oxygen atoms in total. The van der Waals surface area contributed by atoms with Gasteiger partial charge in [-0.25, -0.2) is 9.97 Å². The van der Waals surface area contributed by atoms with E-state index in [0.29, 0.717) is 23.1 Å². The number of nitrogens with zero attached hydrogens (tertiary/aromatic N) is 3. The summed E-state index contributed by atoms with van der Waals surface area (Å²) in [4.78, 5) is 20.9. The molecule has 1 amide bonds. The summed E-state index contributed by atoms with van der Waals surface area (Å²) >= 11 is 0. The monoisotopic (exact) mass is 413 g/mol. The van der Waals surface area contributed by atoms with Gasteiger partial charge in [0.15, 0.2) is 0 Å². The maximum Gasteiger partial charge on any atom is 0.228 e. The van der Waals surface area contributed by atoms with E-state index in [-0.39, 0.29) is 12.3 Å². The van der Waals surface area contributed by atoms with Crippen molar-refractivity contribution in [2.75, 3.05) is 17.7 Å². The zero-order valence-corrected chi connectivity index (χ0v) is 17.4. The van der Waals surface area contributed by atoms with E-state index in [1.54, 1.807) is 37.6 Å². The van der Waals surface area contributed by atoms with Gasteiger partial charge in [0.2, 0.25) is 11.9 Å². The van der Waals surface area contributed by atoms with E-state index in [1.165, 1.54) is 0 Å². The predicted octanol–water partition coefficient (Wildman–Crippen LogP) is 4.90. The second kappa shape index (κ2) is 8.71. The third-order valence-corrected chi connectivity index (χ3v) is 4.89. The molecule has 0 spiro atoms. The number of aromatic nitrogens is 3. The SMILES string of the molecule is C=CCC(=O)Nc1ccc(OC)c(Nc2nccc(-c3cn(C)c4ccccc34)n2)c1. The summed E-state index contributed by atoms with van der Waals surface area (Å²) < 4.78 is 7.53. The van der Waals surface area contributed by atoms with Crippen LogP contribution in [0.3, 0.4) is 0 Å². The van der Waals surface area contributed by atoms with E-state index in [9.17, 15) is 4.79 Å². The molecule has 0 aliphatic heterocycles. The smallest absolute Gasteiger partial charge is 0.228 e. The normalized spacial score (nSPS) is 10.6. The quantitative estimate of drug-likeness (QED) is 0.421. The zero-order chi connectivity index (χ0) is 21.8. The van der Waals surface area contributed by atoms with Crippen molar-refractivity contribution in [1.82, 2.24) is 14.5 Å². The summed E-state index contributed by atoms with van der Waals surface area (Å²) in [6.07, 6.45) is 5.58. The Morgan fingerprint density at radius 2 is 2.06 bits per heavy atom. The molecular formula is C24H23N5O2. The van der Waals surface area contributed by atoms with Crippen LogP contribution in [-0.2, 0) is 11.8 Å². The van der Waals surface area contributed by atoms with Crippen LogP contribution in [-0.4, -0.2) is 27.6 Å². The average Bonchev–Trinajstić information content (AvgIpc) is 3.11. The van der Waals surface area contributed by atoms with E-state index in [0.717, 1.165) is 22.2 Å². The Hall–Kier alpha value is -4.13. The molecular weight excluding hydrogens is 390 g/mol. The van der Waals surface area contributed by atoms with Crippen molar-refractivity contribution in [3.05, 3.63) is 73.6 Å². The molecule has 31 heavy (non-hydrogen) atoms. The van der Waals surface area contributed by atoms with Gasteiger partial charge in [-0.3, -0.25) is 4.79 Å². The minimum atomic E-state index is -0.139. The van der Waals surface area contributed by atoms with Crippen LogP contribution in [0.5, 0.6) is 5.75 Å². The summed E-state index contributed by atoms with van der Waals surface area (Å²) in [5, 5.41) is 7.16. The van der Waals surface area contributed by atoms with Gasteiger partial charge in [-0.05, 0) is 30.3 Å². The molecule has 2 aromatic heterocycles.